The van der Waals surface area contributed by atoms with Crippen LogP contribution in [0.25, 0.3) is 0 Å². The number of benzene rings is 1. The summed E-state index contributed by atoms with van der Waals surface area (Å²) in [5.74, 6) is -0.0833. The lowest BCUT2D eigenvalue weighted by Crippen LogP contribution is -2.13. The van der Waals surface area contributed by atoms with Gasteiger partial charge in [-0.2, -0.15) is 0 Å². The summed E-state index contributed by atoms with van der Waals surface area (Å²) in [6.45, 7) is 4.17. The topological polar surface area (TPSA) is 113 Å². The smallest absolute Gasteiger partial charge is 0.348 e. The highest BCUT2D eigenvalue weighted by atomic mass is 32.1. The van der Waals surface area contributed by atoms with Crippen molar-refractivity contribution < 1.29 is 37.7 Å². The van der Waals surface area contributed by atoms with Gasteiger partial charge in [0.2, 0.25) is 0 Å². The molecule has 1 N–H and O–H groups in total. The molecule has 0 radical (unpaired) electrons. The van der Waals surface area contributed by atoms with Crippen LogP contribution in [0.5, 0.6) is 11.5 Å². The van der Waals surface area contributed by atoms with Gasteiger partial charge in [-0.15, -0.1) is 11.3 Å². The number of esters is 2. The number of nitrogens with one attached hydrogen (secondary N) is 1. The van der Waals surface area contributed by atoms with E-state index in [-0.39, 0.29) is 27.8 Å². The van der Waals surface area contributed by atoms with Crippen LogP contribution in [-0.4, -0.2) is 38.7 Å². The Labute approximate surface area is 194 Å². The van der Waals surface area contributed by atoms with Crippen molar-refractivity contribution in [3.8, 4) is 11.5 Å². The fourth-order valence-corrected chi connectivity index (χ4v) is 4.04. The molecule has 10 heteroatoms. The van der Waals surface area contributed by atoms with Crippen LogP contribution in [0.1, 0.15) is 48.8 Å². The highest BCUT2D eigenvalue weighted by molar-refractivity contribution is 7.18. The number of carbonyl (C=O) groups is 3. The summed E-state index contributed by atoms with van der Waals surface area (Å²) in [6.07, 6.45) is 0. The first-order valence-corrected chi connectivity index (χ1v) is 10.7. The molecular formula is C23H23NO8S. The zero-order valence-electron chi connectivity index (χ0n) is 18.6. The third-order valence-electron chi connectivity index (χ3n) is 4.54. The average Bonchev–Trinajstić information content (AvgIpc) is 3.42. The summed E-state index contributed by atoms with van der Waals surface area (Å²) < 4.78 is 26.2. The van der Waals surface area contributed by atoms with E-state index in [9.17, 15) is 14.4 Å². The van der Waals surface area contributed by atoms with Crippen molar-refractivity contribution in [2.45, 2.75) is 20.5 Å². The molecule has 0 aliphatic rings. The van der Waals surface area contributed by atoms with E-state index in [4.69, 9.17) is 23.4 Å². The fourth-order valence-electron chi connectivity index (χ4n) is 2.93. The van der Waals surface area contributed by atoms with Gasteiger partial charge in [-0.3, -0.25) is 4.79 Å². The zero-order valence-corrected chi connectivity index (χ0v) is 19.4. The lowest BCUT2D eigenvalue weighted by atomic mass is 10.1. The molecule has 0 atom stereocenters. The number of rotatable bonds is 9. The average molecular weight is 474 g/mol. The number of methoxy groups -OCH3 is 2. The van der Waals surface area contributed by atoms with Gasteiger partial charge in [0.1, 0.15) is 33.7 Å². The monoisotopic (exact) mass is 473 g/mol. The van der Waals surface area contributed by atoms with Crippen molar-refractivity contribution in [1.29, 1.82) is 0 Å². The van der Waals surface area contributed by atoms with Crippen molar-refractivity contribution in [2.24, 2.45) is 0 Å². The Morgan fingerprint density at radius 1 is 0.939 bits per heavy atom. The molecule has 1 aromatic carbocycles. The molecule has 0 fully saturated rings. The molecular weight excluding hydrogens is 450 g/mol. The fraction of sp³-hybridized carbons (Fsp3) is 0.261. The Balaban J connectivity index is 1.70. The summed E-state index contributed by atoms with van der Waals surface area (Å²) in [6, 6.07) is 10.2. The maximum absolute atomic E-state index is 12.7. The van der Waals surface area contributed by atoms with E-state index in [1.54, 1.807) is 37.3 Å². The molecule has 2 aromatic heterocycles. The van der Waals surface area contributed by atoms with E-state index in [1.807, 2.05) is 6.92 Å². The Morgan fingerprint density at radius 2 is 1.58 bits per heavy atom. The minimum atomic E-state index is -0.682. The Morgan fingerprint density at radius 3 is 2.18 bits per heavy atom. The normalized spacial score (nSPS) is 10.4. The third-order valence-corrected chi connectivity index (χ3v) is 5.72. The number of thiophene rings is 1. The highest BCUT2D eigenvalue weighted by Gasteiger charge is 2.27. The predicted octanol–water partition coefficient (Wildman–Crippen LogP) is 4.45. The number of furan rings is 1. The highest BCUT2D eigenvalue weighted by Crippen LogP contribution is 2.34. The van der Waals surface area contributed by atoms with Crippen molar-refractivity contribution in [1.82, 2.24) is 0 Å². The van der Waals surface area contributed by atoms with E-state index < -0.39 is 17.8 Å². The number of hydrogen-bond acceptors (Lipinski definition) is 9. The molecule has 0 saturated heterocycles. The molecule has 0 saturated carbocycles. The lowest BCUT2D eigenvalue weighted by molar-refractivity contribution is 0.0601. The minimum absolute atomic E-state index is 0.0155. The van der Waals surface area contributed by atoms with Crippen LogP contribution < -0.4 is 14.8 Å². The number of anilines is 1. The van der Waals surface area contributed by atoms with E-state index in [0.29, 0.717) is 23.7 Å². The summed E-state index contributed by atoms with van der Waals surface area (Å²) in [4.78, 5) is 37.1. The Bertz CT molecular complexity index is 1150. The van der Waals surface area contributed by atoms with Gasteiger partial charge >= 0.3 is 11.9 Å². The molecule has 3 aromatic rings. The van der Waals surface area contributed by atoms with Gasteiger partial charge in [-0.1, -0.05) is 0 Å². The number of carbonyl (C=O) groups excluding carboxylic acids is 3. The molecule has 33 heavy (non-hydrogen) atoms. The second-order valence-corrected chi connectivity index (χ2v) is 7.68. The van der Waals surface area contributed by atoms with Crippen LogP contribution in [0.2, 0.25) is 0 Å². The van der Waals surface area contributed by atoms with Gasteiger partial charge in [0, 0.05) is 0 Å². The third kappa shape index (κ3) is 5.53. The molecule has 0 aliphatic carbocycles. The SMILES string of the molecule is CCOc1ccc(OCc2ccc(C(=O)Nc3sc(C(=O)OC)c(C)c3C(=O)OC)o2)cc1. The minimum Gasteiger partial charge on any atom is -0.494 e. The van der Waals surface area contributed by atoms with Gasteiger partial charge in [-0.25, -0.2) is 9.59 Å². The Kier molecular flexibility index (Phi) is 7.73. The molecule has 9 nitrogen and oxygen atoms in total. The second kappa shape index (κ2) is 10.7. The summed E-state index contributed by atoms with van der Waals surface area (Å²) >= 11 is 0.920. The number of hydrogen-bond donors (Lipinski definition) is 1. The largest absolute Gasteiger partial charge is 0.494 e. The first-order valence-electron chi connectivity index (χ1n) is 9.93. The van der Waals surface area contributed by atoms with Crippen LogP contribution in [0, 0.1) is 6.92 Å². The van der Waals surface area contributed by atoms with Crippen LogP contribution in [0.4, 0.5) is 5.00 Å². The summed E-state index contributed by atoms with van der Waals surface area (Å²) in [5.41, 5.74) is 0.444. The van der Waals surface area contributed by atoms with Gasteiger partial charge in [0.15, 0.2) is 5.76 Å². The molecule has 3 rings (SSSR count). The summed E-state index contributed by atoms with van der Waals surface area (Å²) in [5, 5.41) is 2.77. The summed E-state index contributed by atoms with van der Waals surface area (Å²) in [7, 11) is 2.45. The quantitative estimate of drug-likeness (QED) is 0.454. The van der Waals surface area contributed by atoms with Crippen molar-refractivity contribution >= 4 is 34.2 Å². The molecule has 0 bridgehead atoms. The molecule has 0 aliphatic heterocycles. The van der Waals surface area contributed by atoms with Crippen molar-refractivity contribution in [3.05, 3.63) is 63.9 Å². The van der Waals surface area contributed by atoms with Gasteiger partial charge in [0.05, 0.1) is 26.4 Å². The molecule has 1 amide bonds. The van der Waals surface area contributed by atoms with E-state index in [1.165, 1.54) is 20.3 Å². The lowest BCUT2D eigenvalue weighted by Gasteiger charge is -2.06. The standard InChI is InChI=1S/C23H23NO8S/c1-5-30-14-6-8-15(9-7-14)31-12-16-10-11-17(32-16)20(25)24-21-18(22(26)28-3)13(2)19(33-21)23(27)29-4/h6-11H,5,12H2,1-4H3,(H,24,25). The van der Waals surface area contributed by atoms with E-state index in [2.05, 4.69) is 5.32 Å². The van der Waals surface area contributed by atoms with E-state index in [0.717, 1.165) is 17.1 Å². The number of amides is 1. The van der Waals surface area contributed by atoms with Crippen LogP contribution >= 0.6 is 11.3 Å². The molecule has 0 unspecified atom stereocenters. The van der Waals surface area contributed by atoms with Gasteiger partial charge < -0.3 is 28.7 Å². The first kappa shape index (κ1) is 23.9. The number of ether oxygens (including phenoxy) is 4. The predicted molar refractivity (Wildman–Crippen MR) is 120 cm³/mol. The van der Waals surface area contributed by atoms with Gasteiger partial charge in [-0.05, 0) is 55.8 Å². The second-order valence-electron chi connectivity index (χ2n) is 6.66. The molecule has 2 heterocycles. The van der Waals surface area contributed by atoms with Crippen LogP contribution in [0.15, 0.2) is 40.8 Å². The van der Waals surface area contributed by atoms with E-state index >= 15 is 0 Å². The molecule has 0 spiro atoms. The first-order chi connectivity index (χ1) is 15.9. The zero-order chi connectivity index (χ0) is 24.0. The van der Waals surface area contributed by atoms with Gasteiger partial charge in [0.25, 0.3) is 5.91 Å². The van der Waals surface area contributed by atoms with Crippen LogP contribution in [-0.2, 0) is 16.1 Å². The van der Waals surface area contributed by atoms with Crippen molar-refractivity contribution in [3.63, 3.8) is 0 Å². The Hall–Kier alpha value is -3.79. The van der Waals surface area contributed by atoms with Crippen LogP contribution in [0.3, 0.4) is 0 Å². The van der Waals surface area contributed by atoms with Crippen molar-refractivity contribution in [2.75, 3.05) is 26.1 Å². The molecule has 174 valence electrons. The maximum Gasteiger partial charge on any atom is 0.348 e. The maximum atomic E-state index is 12.7.